The predicted molar refractivity (Wildman–Crippen MR) is 112 cm³/mol. The normalized spacial score (nSPS) is 14.9. The molecule has 0 saturated carbocycles. The largest absolute Gasteiger partial charge is 0.350 e. The Morgan fingerprint density at radius 2 is 1.79 bits per heavy atom. The highest BCUT2D eigenvalue weighted by atomic mass is 16.2. The van der Waals surface area contributed by atoms with Gasteiger partial charge in [-0.25, -0.2) is 4.98 Å². The van der Waals surface area contributed by atoms with Crippen molar-refractivity contribution in [2.75, 3.05) is 19.6 Å². The van der Waals surface area contributed by atoms with E-state index >= 15 is 0 Å². The van der Waals surface area contributed by atoms with Crippen molar-refractivity contribution in [3.8, 4) is 0 Å². The third kappa shape index (κ3) is 4.16. The van der Waals surface area contributed by atoms with Crippen LogP contribution in [-0.2, 0) is 6.42 Å². The highest BCUT2D eigenvalue weighted by Gasteiger charge is 2.27. The second kappa shape index (κ2) is 8.47. The van der Waals surface area contributed by atoms with Crippen LogP contribution in [0.25, 0.3) is 5.52 Å². The molecule has 29 heavy (non-hydrogen) atoms. The average molecular weight is 390 g/mol. The zero-order valence-electron chi connectivity index (χ0n) is 16.7. The van der Waals surface area contributed by atoms with Crippen molar-refractivity contribution in [3.05, 3.63) is 71.8 Å². The molecule has 1 N–H and O–H groups in total. The van der Waals surface area contributed by atoms with Crippen molar-refractivity contribution in [1.82, 2.24) is 19.6 Å². The Balaban J connectivity index is 1.52. The molecule has 2 aromatic heterocycles. The number of amides is 2. The average Bonchev–Trinajstić information content (AvgIpc) is 3.14. The zero-order valence-corrected chi connectivity index (χ0v) is 16.7. The van der Waals surface area contributed by atoms with Gasteiger partial charge >= 0.3 is 0 Å². The molecule has 150 valence electrons. The standard InChI is InChI=1S/C23H26N4O2/c1-17-11-15-26(16-12-17)23(29)21-25-20(19-9-5-6-14-27(19)21)22(28)24-13-10-18-7-3-2-4-8-18/h2-9,14,17H,10-13,15-16H2,1H3,(H,24,28). The summed E-state index contributed by atoms with van der Waals surface area (Å²) in [4.78, 5) is 32.2. The van der Waals surface area contributed by atoms with Gasteiger partial charge in [-0.05, 0) is 42.9 Å². The monoisotopic (exact) mass is 390 g/mol. The summed E-state index contributed by atoms with van der Waals surface area (Å²) in [6.45, 7) is 4.20. The van der Waals surface area contributed by atoms with Gasteiger partial charge in [-0.2, -0.15) is 0 Å². The minimum Gasteiger partial charge on any atom is -0.350 e. The van der Waals surface area contributed by atoms with Crippen LogP contribution in [0.15, 0.2) is 54.7 Å². The van der Waals surface area contributed by atoms with Gasteiger partial charge in [0.2, 0.25) is 5.82 Å². The second-order valence-electron chi connectivity index (χ2n) is 7.71. The summed E-state index contributed by atoms with van der Waals surface area (Å²) >= 11 is 0. The zero-order chi connectivity index (χ0) is 20.2. The number of carbonyl (C=O) groups excluding carboxylic acids is 2. The molecule has 1 aromatic carbocycles. The Labute approximate surface area is 170 Å². The number of hydrogen-bond acceptors (Lipinski definition) is 3. The van der Waals surface area contributed by atoms with E-state index in [1.807, 2.05) is 53.4 Å². The molecule has 0 bridgehead atoms. The quantitative estimate of drug-likeness (QED) is 0.728. The van der Waals surface area contributed by atoms with E-state index in [0.717, 1.165) is 37.9 Å². The first kappa shape index (κ1) is 19.2. The van der Waals surface area contributed by atoms with Crippen LogP contribution in [0.4, 0.5) is 0 Å². The number of hydrogen-bond donors (Lipinski definition) is 1. The highest BCUT2D eigenvalue weighted by molar-refractivity contribution is 6.02. The van der Waals surface area contributed by atoms with Crippen LogP contribution in [0.1, 0.15) is 46.4 Å². The number of fused-ring (bicyclic) bond motifs is 1. The molecule has 1 saturated heterocycles. The van der Waals surface area contributed by atoms with Crippen LogP contribution in [0.5, 0.6) is 0 Å². The summed E-state index contributed by atoms with van der Waals surface area (Å²) in [5, 5.41) is 2.94. The highest BCUT2D eigenvalue weighted by Crippen LogP contribution is 2.20. The van der Waals surface area contributed by atoms with Crippen LogP contribution < -0.4 is 5.32 Å². The van der Waals surface area contributed by atoms with Crippen molar-refractivity contribution in [3.63, 3.8) is 0 Å². The smallest absolute Gasteiger partial charge is 0.290 e. The first-order valence-corrected chi connectivity index (χ1v) is 10.2. The molecule has 0 atom stereocenters. The van der Waals surface area contributed by atoms with Crippen LogP contribution >= 0.6 is 0 Å². The number of piperidine rings is 1. The van der Waals surface area contributed by atoms with Crippen molar-refractivity contribution in [2.24, 2.45) is 5.92 Å². The molecule has 0 spiro atoms. The number of imidazole rings is 1. The minimum atomic E-state index is -0.254. The number of pyridine rings is 1. The van der Waals surface area contributed by atoms with E-state index in [9.17, 15) is 9.59 Å². The molecule has 2 amide bonds. The maximum atomic E-state index is 13.1. The number of nitrogens with one attached hydrogen (secondary N) is 1. The van der Waals surface area contributed by atoms with Crippen molar-refractivity contribution in [2.45, 2.75) is 26.2 Å². The Morgan fingerprint density at radius 3 is 2.55 bits per heavy atom. The first-order valence-electron chi connectivity index (χ1n) is 10.2. The Bertz CT molecular complexity index is 1000. The summed E-state index contributed by atoms with van der Waals surface area (Å²) in [7, 11) is 0. The van der Waals surface area contributed by atoms with E-state index in [1.165, 1.54) is 0 Å². The van der Waals surface area contributed by atoms with E-state index in [4.69, 9.17) is 0 Å². The molecule has 1 aliphatic rings. The topological polar surface area (TPSA) is 66.7 Å². The fraction of sp³-hybridized carbons (Fsp3) is 0.348. The molecule has 1 fully saturated rings. The van der Waals surface area contributed by atoms with Crippen molar-refractivity contribution in [1.29, 1.82) is 0 Å². The Morgan fingerprint density at radius 1 is 1.07 bits per heavy atom. The molecule has 3 heterocycles. The van der Waals surface area contributed by atoms with E-state index in [0.29, 0.717) is 29.5 Å². The lowest BCUT2D eigenvalue weighted by Crippen LogP contribution is -2.38. The number of aromatic nitrogens is 2. The number of rotatable bonds is 5. The van der Waals surface area contributed by atoms with Crippen LogP contribution in [-0.4, -0.2) is 45.7 Å². The molecule has 6 heteroatoms. The van der Waals surface area contributed by atoms with Gasteiger partial charge < -0.3 is 10.2 Å². The van der Waals surface area contributed by atoms with Gasteiger partial charge in [0.05, 0.1) is 5.52 Å². The summed E-state index contributed by atoms with van der Waals surface area (Å²) in [5.41, 5.74) is 2.11. The van der Waals surface area contributed by atoms with Crippen LogP contribution in [0.3, 0.4) is 0 Å². The lowest BCUT2D eigenvalue weighted by atomic mass is 9.99. The second-order valence-corrected chi connectivity index (χ2v) is 7.71. The van der Waals surface area contributed by atoms with Crippen molar-refractivity contribution >= 4 is 17.3 Å². The summed E-state index contributed by atoms with van der Waals surface area (Å²) < 4.78 is 1.73. The maximum absolute atomic E-state index is 13.1. The van der Waals surface area contributed by atoms with E-state index < -0.39 is 0 Å². The summed E-state index contributed by atoms with van der Waals surface area (Å²) in [6.07, 6.45) is 4.54. The van der Waals surface area contributed by atoms with Gasteiger partial charge in [0.15, 0.2) is 5.69 Å². The number of likely N-dealkylation sites (tertiary alicyclic amines) is 1. The van der Waals surface area contributed by atoms with Gasteiger partial charge in [-0.1, -0.05) is 43.3 Å². The van der Waals surface area contributed by atoms with E-state index in [2.05, 4.69) is 17.2 Å². The van der Waals surface area contributed by atoms with Crippen molar-refractivity contribution < 1.29 is 9.59 Å². The molecule has 3 aromatic rings. The van der Waals surface area contributed by atoms with Gasteiger partial charge in [-0.15, -0.1) is 0 Å². The number of nitrogens with zero attached hydrogens (tertiary/aromatic N) is 3. The third-order valence-electron chi connectivity index (χ3n) is 5.57. The predicted octanol–water partition coefficient (Wildman–Crippen LogP) is 3.18. The maximum Gasteiger partial charge on any atom is 0.290 e. The van der Waals surface area contributed by atoms with Crippen LogP contribution in [0.2, 0.25) is 0 Å². The third-order valence-corrected chi connectivity index (χ3v) is 5.57. The molecular weight excluding hydrogens is 364 g/mol. The molecule has 1 aliphatic heterocycles. The van der Waals surface area contributed by atoms with E-state index in [-0.39, 0.29) is 11.8 Å². The lowest BCUT2D eigenvalue weighted by Gasteiger charge is -2.29. The van der Waals surface area contributed by atoms with E-state index in [1.54, 1.807) is 10.6 Å². The Hall–Kier alpha value is -3.15. The molecule has 0 unspecified atom stereocenters. The molecule has 0 aliphatic carbocycles. The first-order chi connectivity index (χ1) is 14.1. The molecule has 0 radical (unpaired) electrons. The summed E-state index contributed by atoms with van der Waals surface area (Å²) in [5.74, 6) is 0.586. The van der Waals surface area contributed by atoms with Gasteiger partial charge in [-0.3, -0.25) is 14.0 Å². The molecular formula is C23H26N4O2. The van der Waals surface area contributed by atoms with Gasteiger partial charge in [0.1, 0.15) is 0 Å². The SMILES string of the molecule is CC1CCN(C(=O)c2nc(C(=O)NCCc3ccccc3)c3ccccn23)CC1. The Kier molecular flexibility index (Phi) is 5.60. The van der Waals surface area contributed by atoms with Crippen LogP contribution in [0, 0.1) is 5.92 Å². The molecule has 6 nitrogen and oxygen atoms in total. The lowest BCUT2D eigenvalue weighted by molar-refractivity contribution is 0.0684. The summed E-state index contributed by atoms with van der Waals surface area (Å²) in [6, 6.07) is 15.5. The molecule has 4 rings (SSSR count). The minimum absolute atomic E-state index is 0.110. The van der Waals surface area contributed by atoms with Gasteiger partial charge in [0, 0.05) is 25.8 Å². The van der Waals surface area contributed by atoms with Gasteiger partial charge in [0.25, 0.3) is 11.8 Å². The number of carbonyl (C=O) groups is 2. The fourth-order valence-corrected chi connectivity index (χ4v) is 3.76. The fourth-order valence-electron chi connectivity index (χ4n) is 3.76. The number of benzene rings is 1.